The second kappa shape index (κ2) is 11.7. The van der Waals surface area contributed by atoms with Crippen LogP contribution in [0.5, 0.6) is 0 Å². The summed E-state index contributed by atoms with van der Waals surface area (Å²) in [6, 6.07) is 15.7. The van der Waals surface area contributed by atoms with E-state index >= 15 is 0 Å². The summed E-state index contributed by atoms with van der Waals surface area (Å²) in [5.41, 5.74) is 1.97. The number of amides is 1. The maximum atomic E-state index is 12.8. The van der Waals surface area contributed by atoms with Gasteiger partial charge in [-0.1, -0.05) is 47.6 Å². The lowest BCUT2D eigenvalue weighted by molar-refractivity contribution is -0.137. The largest absolute Gasteiger partial charge is 0.416 e. The van der Waals surface area contributed by atoms with E-state index in [-0.39, 0.29) is 12.5 Å². The first kappa shape index (κ1) is 25.2. The predicted octanol–water partition coefficient (Wildman–Crippen LogP) is 5.47. The Labute approximate surface area is 204 Å². The van der Waals surface area contributed by atoms with Crippen molar-refractivity contribution in [2.75, 3.05) is 32.7 Å². The maximum Gasteiger partial charge on any atom is 0.416 e. The van der Waals surface area contributed by atoms with Crippen molar-refractivity contribution in [1.29, 1.82) is 0 Å². The number of benzene rings is 2. The number of rotatable bonds is 7. The van der Waals surface area contributed by atoms with Gasteiger partial charge in [-0.05, 0) is 55.1 Å². The molecule has 0 N–H and O–H groups in total. The van der Waals surface area contributed by atoms with Gasteiger partial charge in [0.15, 0.2) is 0 Å². The molecular formula is C27H32F3N3O2. The number of oxime groups is 1. The van der Waals surface area contributed by atoms with E-state index in [4.69, 9.17) is 4.84 Å². The summed E-state index contributed by atoms with van der Waals surface area (Å²) in [6.45, 7) is 4.01. The van der Waals surface area contributed by atoms with Gasteiger partial charge in [0.1, 0.15) is 6.61 Å². The first-order valence-corrected chi connectivity index (χ1v) is 12.3. The number of alkyl halides is 3. The van der Waals surface area contributed by atoms with Crippen LogP contribution < -0.4 is 0 Å². The lowest BCUT2D eigenvalue weighted by atomic mass is 9.89. The highest BCUT2D eigenvalue weighted by Gasteiger charge is 2.30. The normalized spacial score (nSPS) is 17.9. The number of hydrogen-bond donors (Lipinski definition) is 0. The molecule has 2 aliphatic rings. The summed E-state index contributed by atoms with van der Waals surface area (Å²) >= 11 is 0. The van der Waals surface area contributed by atoms with Gasteiger partial charge >= 0.3 is 6.18 Å². The van der Waals surface area contributed by atoms with Gasteiger partial charge in [-0.3, -0.25) is 4.79 Å². The average molecular weight is 488 g/mol. The molecule has 2 aromatic rings. The molecule has 8 heteroatoms. The molecular weight excluding hydrogens is 455 g/mol. The zero-order valence-electron chi connectivity index (χ0n) is 19.8. The fourth-order valence-electron chi connectivity index (χ4n) is 4.77. The Morgan fingerprint density at radius 3 is 2.37 bits per heavy atom. The van der Waals surface area contributed by atoms with Crippen LogP contribution in [-0.2, 0) is 22.4 Å². The first-order chi connectivity index (χ1) is 16.9. The third-order valence-corrected chi connectivity index (χ3v) is 6.87. The number of carbonyl (C=O) groups excluding carboxylic acids is 1. The standard InChI is InChI=1S/C27H32F3N3O2/c28-27(29,30)24-8-4-5-21(19-24)20-35-31-25-11-17-33(18-12-25)26(34)13-16-32-14-9-23(10-15-32)22-6-2-1-3-7-22/h1-8,19,23H,9-18,20H2. The molecule has 5 nitrogen and oxygen atoms in total. The van der Waals surface area contributed by atoms with E-state index in [1.807, 2.05) is 11.0 Å². The van der Waals surface area contributed by atoms with Crippen LogP contribution >= 0.6 is 0 Å². The van der Waals surface area contributed by atoms with E-state index in [0.29, 0.717) is 43.8 Å². The Hall–Kier alpha value is -2.87. The minimum absolute atomic E-state index is 0.0168. The van der Waals surface area contributed by atoms with Gasteiger partial charge in [-0.2, -0.15) is 13.2 Å². The van der Waals surface area contributed by atoms with Gasteiger partial charge in [0.25, 0.3) is 0 Å². The molecule has 2 heterocycles. The Bertz CT molecular complexity index is 992. The molecule has 2 aromatic carbocycles. The van der Waals surface area contributed by atoms with Gasteiger partial charge < -0.3 is 14.6 Å². The minimum atomic E-state index is -4.38. The predicted molar refractivity (Wildman–Crippen MR) is 129 cm³/mol. The molecule has 188 valence electrons. The fraction of sp³-hybridized carbons (Fsp3) is 0.481. The average Bonchev–Trinajstić information content (AvgIpc) is 2.88. The van der Waals surface area contributed by atoms with Crippen LogP contribution in [0.4, 0.5) is 13.2 Å². The molecule has 4 rings (SSSR count). The smallest absolute Gasteiger partial charge is 0.391 e. The molecule has 0 atom stereocenters. The molecule has 2 aliphatic heterocycles. The number of hydrogen-bond acceptors (Lipinski definition) is 4. The molecule has 0 aromatic heterocycles. The van der Waals surface area contributed by atoms with Crippen LogP contribution in [-0.4, -0.2) is 54.1 Å². The molecule has 0 bridgehead atoms. The van der Waals surface area contributed by atoms with E-state index in [2.05, 4.69) is 34.3 Å². The van der Waals surface area contributed by atoms with Crippen LogP contribution in [0, 0.1) is 0 Å². The summed E-state index contributed by atoms with van der Waals surface area (Å²) in [4.78, 5) is 22.2. The number of halogens is 3. The molecule has 0 spiro atoms. The zero-order chi connectivity index (χ0) is 24.7. The lowest BCUT2D eigenvalue weighted by Crippen LogP contribution is -2.41. The maximum absolute atomic E-state index is 12.8. The van der Waals surface area contributed by atoms with E-state index in [0.717, 1.165) is 50.3 Å². The van der Waals surface area contributed by atoms with Crippen molar-refractivity contribution in [1.82, 2.24) is 9.80 Å². The van der Waals surface area contributed by atoms with Crippen molar-refractivity contribution in [3.63, 3.8) is 0 Å². The SMILES string of the molecule is O=C(CCN1CCC(c2ccccc2)CC1)N1CCC(=NOCc2cccc(C(F)(F)F)c2)CC1. The van der Waals surface area contributed by atoms with Crippen LogP contribution in [0.1, 0.15) is 54.7 Å². The van der Waals surface area contributed by atoms with Crippen molar-refractivity contribution < 1.29 is 22.8 Å². The number of nitrogens with zero attached hydrogens (tertiary/aromatic N) is 3. The molecule has 1 amide bonds. The minimum Gasteiger partial charge on any atom is -0.391 e. The van der Waals surface area contributed by atoms with Crippen LogP contribution in [0.2, 0.25) is 0 Å². The third-order valence-electron chi connectivity index (χ3n) is 6.87. The Morgan fingerprint density at radius 1 is 0.971 bits per heavy atom. The summed E-state index contributed by atoms with van der Waals surface area (Å²) in [6.07, 6.45) is -0.355. The molecule has 0 radical (unpaired) electrons. The first-order valence-electron chi connectivity index (χ1n) is 12.3. The fourth-order valence-corrected chi connectivity index (χ4v) is 4.77. The van der Waals surface area contributed by atoms with E-state index in [1.165, 1.54) is 11.6 Å². The summed E-state index contributed by atoms with van der Waals surface area (Å²) < 4.78 is 38.5. The zero-order valence-corrected chi connectivity index (χ0v) is 19.8. The monoisotopic (exact) mass is 487 g/mol. The highest BCUT2D eigenvalue weighted by Crippen LogP contribution is 2.30. The Balaban J connectivity index is 1.14. The summed E-state index contributed by atoms with van der Waals surface area (Å²) in [5.74, 6) is 0.776. The lowest BCUT2D eigenvalue weighted by Gasteiger charge is -2.33. The van der Waals surface area contributed by atoms with Gasteiger partial charge in [-0.25, -0.2) is 0 Å². The molecule has 35 heavy (non-hydrogen) atoms. The van der Waals surface area contributed by atoms with Crippen LogP contribution in [0.3, 0.4) is 0 Å². The second-order valence-electron chi connectivity index (χ2n) is 9.29. The van der Waals surface area contributed by atoms with Crippen molar-refractivity contribution in [2.24, 2.45) is 5.16 Å². The van der Waals surface area contributed by atoms with Crippen LogP contribution in [0.15, 0.2) is 59.8 Å². The topological polar surface area (TPSA) is 45.1 Å². The summed E-state index contributed by atoms with van der Waals surface area (Å²) in [7, 11) is 0. The summed E-state index contributed by atoms with van der Waals surface area (Å²) in [5, 5.41) is 4.10. The second-order valence-corrected chi connectivity index (χ2v) is 9.29. The number of piperidine rings is 2. The Morgan fingerprint density at radius 2 is 1.69 bits per heavy atom. The van der Waals surface area contributed by atoms with Crippen molar-refractivity contribution >= 4 is 11.6 Å². The highest BCUT2D eigenvalue weighted by molar-refractivity contribution is 5.87. The van der Waals surface area contributed by atoms with E-state index in [9.17, 15) is 18.0 Å². The molecule has 2 saturated heterocycles. The Kier molecular flexibility index (Phi) is 8.44. The quantitative estimate of drug-likeness (QED) is 0.487. The van der Waals surface area contributed by atoms with E-state index < -0.39 is 11.7 Å². The molecule has 0 unspecified atom stereocenters. The molecule has 0 saturated carbocycles. The van der Waals surface area contributed by atoms with Gasteiger partial charge in [0.05, 0.1) is 11.3 Å². The van der Waals surface area contributed by atoms with Crippen molar-refractivity contribution in [3.8, 4) is 0 Å². The van der Waals surface area contributed by atoms with Gasteiger partial charge in [0.2, 0.25) is 5.91 Å². The molecule has 0 aliphatic carbocycles. The van der Waals surface area contributed by atoms with Gasteiger partial charge in [-0.15, -0.1) is 0 Å². The number of likely N-dealkylation sites (tertiary alicyclic amines) is 2. The van der Waals surface area contributed by atoms with Crippen molar-refractivity contribution in [2.45, 2.75) is 50.8 Å². The van der Waals surface area contributed by atoms with Gasteiger partial charge in [0, 0.05) is 38.9 Å². The van der Waals surface area contributed by atoms with Crippen molar-refractivity contribution in [3.05, 3.63) is 71.3 Å². The number of carbonyl (C=O) groups is 1. The highest BCUT2D eigenvalue weighted by atomic mass is 19.4. The van der Waals surface area contributed by atoms with E-state index in [1.54, 1.807) is 6.07 Å². The van der Waals surface area contributed by atoms with Crippen LogP contribution in [0.25, 0.3) is 0 Å². The third kappa shape index (κ3) is 7.31. The molecule has 2 fully saturated rings.